The molecular weight excluding hydrogens is 372 g/mol. The van der Waals surface area contributed by atoms with E-state index in [1.165, 1.54) is 24.2 Å². The molecule has 2 aromatic rings. The predicted molar refractivity (Wildman–Crippen MR) is 89.1 cm³/mol. The van der Waals surface area contributed by atoms with E-state index < -0.39 is 10.0 Å². The lowest BCUT2D eigenvalue weighted by Gasteiger charge is -2.06. The Morgan fingerprint density at radius 3 is 2.62 bits per heavy atom. The molecule has 1 saturated carbocycles. The normalized spacial score (nSPS) is 15.1. The second-order valence-electron chi connectivity index (χ2n) is 5.02. The third kappa shape index (κ3) is 4.06. The van der Waals surface area contributed by atoms with Crippen molar-refractivity contribution in [1.82, 2.24) is 5.32 Å². The highest BCUT2D eigenvalue weighted by Crippen LogP contribution is 2.24. The van der Waals surface area contributed by atoms with Crippen molar-refractivity contribution in [2.24, 2.45) is 0 Å². The van der Waals surface area contributed by atoms with Gasteiger partial charge in [-0.15, -0.1) is 11.3 Å². The van der Waals surface area contributed by atoms with E-state index in [2.05, 4.69) is 26.0 Å². The van der Waals surface area contributed by atoms with E-state index in [9.17, 15) is 8.42 Å². The number of halogens is 1. The molecule has 0 unspecified atom stereocenters. The molecular formula is C14H15BrN2O2S2. The maximum absolute atomic E-state index is 12.3. The zero-order valence-electron chi connectivity index (χ0n) is 11.2. The van der Waals surface area contributed by atoms with Crippen LogP contribution in [0.4, 0.5) is 5.69 Å². The summed E-state index contributed by atoms with van der Waals surface area (Å²) in [6.45, 7) is 0.739. The number of hydrogen-bond acceptors (Lipinski definition) is 4. The molecule has 112 valence electrons. The standard InChI is InChI=1S/C14H15BrN2O2S2/c15-10-1-3-12(4-2-10)17-21(18,19)14-7-13(20-9-14)8-16-11-5-6-11/h1-4,7,9,11,16-17H,5-6,8H2. The minimum atomic E-state index is -3.51. The first kappa shape index (κ1) is 15.0. The van der Waals surface area contributed by atoms with Crippen LogP contribution in [0, 0.1) is 0 Å². The van der Waals surface area contributed by atoms with Gasteiger partial charge in [0.15, 0.2) is 0 Å². The Labute approximate surface area is 136 Å². The van der Waals surface area contributed by atoms with Gasteiger partial charge in [0, 0.05) is 33.0 Å². The molecule has 1 heterocycles. The predicted octanol–water partition coefficient (Wildman–Crippen LogP) is 3.56. The van der Waals surface area contributed by atoms with Crippen LogP contribution in [0.2, 0.25) is 0 Å². The molecule has 1 aliphatic rings. The molecule has 21 heavy (non-hydrogen) atoms. The molecule has 0 saturated heterocycles. The molecule has 1 aromatic carbocycles. The fraction of sp³-hybridized carbons (Fsp3) is 0.286. The number of rotatable bonds is 6. The van der Waals surface area contributed by atoms with Crippen LogP contribution in [0.5, 0.6) is 0 Å². The largest absolute Gasteiger partial charge is 0.309 e. The molecule has 0 amide bonds. The molecule has 0 aliphatic heterocycles. The highest BCUT2D eigenvalue weighted by Gasteiger charge is 2.21. The van der Waals surface area contributed by atoms with Gasteiger partial charge in [-0.25, -0.2) is 8.42 Å². The maximum atomic E-state index is 12.3. The number of nitrogens with one attached hydrogen (secondary N) is 2. The van der Waals surface area contributed by atoms with Crippen LogP contribution in [0.3, 0.4) is 0 Å². The second kappa shape index (κ2) is 6.08. The molecule has 7 heteroatoms. The average molecular weight is 387 g/mol. The van der Waals surface area contributed by atoms with Crippen LogP contribution in [-0.4, -0.2) is 14.5 Å². The highest BCUT2D eigenvalue weighted by atomic mass is 79.9. The van der Waals surface area contributed by atoms with E-state index in [0.717, 1.165) is 15.9 Å². The molecule has 0 spiro atoms. The number of anilines is 1. The first-order valence-corrected chi connectivity index (χ1v) is 9.78. The molecule has 1 fully saturated rings. The summed E-state index contributed by atoms with van der Waals surface area (Å²) in [6, 6.07) is 9.41. The zero-order chi connectivity index (χ0) is 14.9. The van der Waals surface area contributed by atoms with Crippen LogP contribution >= 0.6 is 27.3 Å². The van der Waals surface area contributed by atoms with Gasteiger partial charge in [0.2, 0.25) is 0 Å². The van der Waals surface area contributed by atoms with Gasteiger partial charge in [-0.3, -0.25) is 4.72 Å². The van der Waals surface area contributed by atoms with Crippen LogP contribution in [-0.2, 0) is 16.6 Å². The van der Waals surface area contributed by atoms with Crippen molar-refractivity contribution in [3.05, 3.63) is 45.1 Å². The summed E-state index contributed by atoms with van der Waals surface area (Å²) in [5.74, 6) is 0. The average Bonchev–Trinajstić information content (AvgIpc) is 3.15. The van der Waals surface area contributed by atoms with Crippen molar-refractivity contribution in [1.29, 1.82) is 0 Å². The lowest BCUT2D eigenvalue weighted by atomic mass is 10.3. The van der Waals surface area contributed by atoms with Gasteiger partial charge in [-0.05, 0) is 43.2 Å². The van der Waals surface area contributed by atoms with E-state index in [1.54, 1.807) is 35.7 Å². The number of benzene rings is 1. The SMILES string of the molecule is O=S(=O)(Nc1ccc(Br)cc1)c1csc(CNC2CC2)c1. The van der Waals surface area contributed by atoms with Gasteiger partial charge in [0.1, 0.15) is 0 Å². The topological polar surface area (TPSA) is 58.2 Å². The van der Waals surface area contributed by atoms with Gasteiger partial charge in [0.25, 0.3) is 10.0 Å². The Morgan fingerprint density at radius 2 is 1.95 bits per heavy atom. The minimum absolute atomic E-state index is 0.322. The second-order valence-corrected chi connectivity index (χ2v) is 8.61. The summed E-state index contributed by atoms with van der Waals surface area (Å²) in [6.07, 6.45) is 2.45. The van der Waals surface area contributed by atoms with E-state index >= 15 is 0 Å². The van der Waals surface area contributed by atoms with Crippen molar-refractivity contribution in [2.45, 2.75) is 30.3 Å². The first-order valence-electron chi connectivity index (χ1n) is 6.62. The zero-order valence-corrected chi connectivity index (χ0v) is 14.4. The first-order chi connectivity index (χ1) is 10.0. The van der Waals surface area contributed by atoms with Crippen LogP contribution in [0.1, 0.15) is 17.7 Å². The van der Waals surface area contributed by atoms with E-state index in [1.807, 2.05) is 0 Å². The lowest BCUT2D eigenvalue weighted by molar-refractivity contribution is 0.601. The summed E-state index contributed by atoms with van der Waals surface area (Å²) >= 11 is 4.79. The van der Waals surface area contributed by atoms with E-state index in [0.29, 0.717) is 16.6 Å². The van der Waals surface area contributed by atoms with Crippen molar-refractivity contribution in [2.75, 3.05) is 4.72 Å². The molecule has 0 bridgehead atoms. The summed E-state index contributed by atoms with van der Waals surface area (Å²) in [5, 5.41) is 5.07. The van der Waals surface area contributed by atoms with Gasteiger partial charge >= 0.3 is 0 Å². The van der Waals surface area contributed by atoms with Crippen LogP contribution in [0.25, 0.3) is 0 Å². The molecule has 2 N–H and O–H groups in total. The van der Waals surface area contributed by atoms with Crippen molar-refractivity contribution < 1.29 is 8.42 Å². The number of thiophene rings is 1. The van der Waals surface area contributed by atoms with Crippen LogP contribution < -0.4 is 10.0 Å². The monoisotopic (exact) mass is 386 g/mol. The summed E-state index contributed by atoms with van der Waals surface area (Å²) in [7, 11) is -3.51. The van der Waals surface area contributed by atoms with Crippen molar-refractivity contribution >= 4 is 43.0 Å². The smallest absolute Gasteiger partial charge is 0.262 e. The number of sulfonamides is 1. The Hall–Kier alpha value is -0.890. The quantitative estimate of drug-likeness (QED) is 0.797. The van der Waals surface area contributed by atoms with Crippen LogP contribution in [0.15, 0.2) is 45.1 Å². The Balaban J connectivity index is 1.69. The van der Waals surface area contributed by atoms with E-state index in [-0.39, 0.29) is 0 Å². The minimum Gasteiger partial charge on any atom is -0.309 e. The number of hydrogen-bond donors (Lipinski definition) is 2. The summed E-state index contributed by atoms with van der Waals surface area (Å²) in [4.78, 5) is 1.36. The fourth-order valence-electron chi connectivity index (χ4n) is 1.86. The lowest BCUT2D eigenvalue weighted by Crippen LogP contribution is -2.14. The van der Waals surface area contributed by atoms with Crippen molar-refractivity contribution in [3.8, 4) is 0 Å². The fourth-order valence-corrected chi connectivity index (χ4v) is 4.41. The summed E-state index contributed by atoms with van der Waals surface area (Å²) < 4.78 is 28.1. The molecule has 1 aromatic heterocycles. The molecule has 3 rings (SSSR count). The maximum Gasteiger partial charge on any atom is 0.262 e. The summed E-state index contributed by atoms with van der Waals surface area (Å²) in [5.41, 5.74) is 0.557. The molecule has 0 radical (unpaired) electrons. The van der Waals surface area contributed by atoms with Gasteiger partial charge in [-0.1, -0.05) is 15.9 Å². The molecule has 1 aliphatic carbocycles. The van der Waals surface area contributed by atoms with Gasteiger partial charge < -0.3 is 5.32 Å². The van der Waals surface area contributed by atoms with Gasteiger partial charge in [0.05, 0.1) is 4.90 Å². The van der Waals surface area contributed by atoms with Gasteiger partial charge in [-0.2, -0.15) is 0 Å². The Bertz CT molecular complexity index is 722. The highest BCUT2D eigenvalue weighted by molar-refractivity contribution is 9.10. The molecule has 4 nitrogen and oxygen atoms in total. The van der Waals surface area contributed by atoms with Crippen molar-refractivity contribution in [3.63, 3.8) is 0 Å². The Morgan fingerprint density at radius 1 is 1.24 bits per heavy atom. The Kier molecular flexibility index (Phi) is 4.35. The third-order valence-electron chi connectivity index (χ3n) is 3.18. The van der Waals surface area contributed by atoms with E-state index in [4.69, 9.17) is 0 Å². The third-order valence-corrected chi connectivity index (χ3v) is 6.15. The molecule has 0 atom stereocenters.